The van der Waals surface area contributed by atoms with E-state index in [4.69, 9.17) is 19.3 Å². The molecular formula is C19H21NO6. The van der Waals surface area contributed by atoms with Crippen molar-refractivity contribution in [3.05, 3.63) is 48.0 Å². The van der Waals surface area contributed by atoms with E-state index in [9.17, 15) is 9.59 Å². The van der Waals surface area contributed by atoms with E-state index < -0.39 is 12.6 Å². The second-order valence-corrected chi connectivity index (χ2v) is 5.55. The van der Waals surface area contributed by atoms with Gasteiger partial charge in [-0.3, -0.25) is 4.79 Å². The number of methoxy groups -OCH3 is 1. The number of carbonyl (C=O) groups is 2. The molecule has 2 aromatic rings. The van der Waals surface area contributed by atoms with Crippen LogP contribution in [-0.4, -0.2) is 44.4 Å². The molecule has 0 aliphatic carbocycles. The fraction of sp³-hybridized carbons (Fsp3) is 0.263. The molecule has 138 valence electrons. The van der Waals surface area contributed by atoms with Crippen LogP contribution in [0.1, 0.15) is 5.56 Å². The van der Waals surface area contributed by atoms with Gasteiger partial charge >= 0.3 is 5.97 Å². The van der Waals surface area contributed by atoms with Crippen LogP contribution in [0.4, 0.5) is 5.69 Å². The lowest BCUT2D eigenvalue weighted by Crippen LogP contribution is -2.31. The van der Waals surface area contributed by atoms with Gasteiger partial charge in [-0.25, -0.2) is 4.79 Å². The number of rotatable bonds is 8. The molecule has 0 aliphatic rings. The predicted octanol–water partition coefficient (Wildman–Crippen LogP) is 2.51. The summed E-state index contributed by atoms with van der Waals surface area (Å²) in [5.41, 5.74) is 1.56. The quantitative estimate of drug-likeness (QED) is 0.779. The summed E-state index contributed by atoms with van der Waals surface area (Å²) in [7, 11) is 3.23. The van der Waals surface area contributed by atoms with E-state index in [2.05, 4.69) is 0 Å². The molecule has 0 bridgehead atoms. The third kappa shape index (κ3) is 5.14. The topological polar surface area (TPSA) is 85.3 Å². The third-order valence-corrected chi connectivity index (χ3v) is 3.69. The standard InChI is InChI=1S/C19H21NO6/c1-13-10-16(8-9-17(13)24-3)25-11-18(21)20(2)14-4-6-15(7-5-14)26-12-19(22)23/h4-10H,11-12H2,1-3H3,(H,22,23). The van der Waals surface area contributed by atoms with E-state index >= 15 is 0 Å². The second kappa shape index (κ2) is 8.75. The number of nitrogens with zero attached hydrogens (tertiary/aromatic N) is 1. The molecule has 7 nitrogen and oxygen atoms in total. The molecule has 1 N–H and O–H groups in total. The van der Waals surface area contributed by atoms with Crippen LogP contribution in [0.3, 0.4) is 0 Å². The fourth-order valence-electron chi connectivity index (χ4n) is 2.24. The van der Waals surface area contributed by atoms with Crippen molar-refractivity contribution < 1.29 is 28.9 Å². The van der Waals surface area contributed by atoms with Gasteiger partial charge in [-0.15, -0.1) is 0 Å². The zero-order valence-corrected chi connectivity index (χ0v) is 14.9. The van der Waals surface area contributed by atoms with Crippen molar-refractivity contribution in [1.82, 2.24) is 0 Å². The predicted molar refractivity (Wildman–Crippen MR) is 96.2 cm³/mol. The van der Waals surface area contributed by atoms with Crippen molar-refractivity contribution in [3.8, 4) is 17.2 Å². The van der Waals surface area contributed by atoms with Crippen molar-refractivity contribution in [2.45, 2.75) is 6.92 Å². The first kappa shape index (κ1) is 19.1. The van der Waals surface area contributed by atoms with Gasteiger partial charge in [0.1, 0.15) is 17.2 Å². The molecule has 0 saturated carbocycles. The largest absolute Gasteiger partial charge is 0.496 e. The van der Waals surface area contributed by atoms with Gasteiger partial charge in [0, 0.05) is 12.7 Å². The lowest BCUT2D eigenvalue weighted by Gasteiger charge is -2.18. The number of hydrogen-bond acceptors (Lipinski definition) is 5. The summed E-state index contributed by atoms with van der Waals surface area (Å²) in [6.07, 6.45) is 0. The molecule has 0 atom stereocenters. The number of carboxylic acids is 1. The maximum atomic E-state index is 12.3. The minimum atomic E-state index is -1.05. The Bertz CT molecular complexity index is 772. The molecular weight excluding hydrogens is 338 g/mol. The lowest BCUT2D eigenvalue weighted by atomic mass is 10.2. The maximum Gasteiger partial charge on any atom is 0.341 e. The molecule has 0 radical (unpaired) electrons. The molecule has 0 saturated heterocycles. The summed E-state index contributed by atoms with van der Waals surface area (Å²) in [5, 5.41) is 8.59. The molecule has 26 heavy (non-hydrogen) atoms. The van der Waals surface area contributed by atoms with Crippen molar-refractivity contribution in [1.29, 1.82) is 0 Å². The minimum absolute atomic E-state index is 0.112. The average molecular weight is 359 g/mol. The highest BCUT2D eigenvalue weighted by Gasteiger charge is 2.12. The molecule has 0 heterocycles. The number of hydrogen-bond donors (Lipinski definition) is 1. The Morgan fingerprint density at radius 3 is 2.19 bits per heavy atom. The smallest absolute Gasteiger partial charge is 0.341 e. The summed E-state index contributed by atoms with van der Waals surface area (Å²) in [4.78, 5) is 24.2. The summed E-state index contributed by atoms with van der Waals surface area (Å²) >= 11 is 0. The van der Waals surface area contributed by atoms with Crippen LogP contribution in [0.5, 0.6) is 17.2 Å². The van der Waals surface area contributed by atoms with Gasteiger partial charge in [-0.2, -0.15) is 0 Å². The van der Waals surface area contributed by atoms with Crippen LogP contribution < -0.4 is 19.1 Å². The Hall–Kier alpha value is -3.22. The van der Waals surface area contributed by atoms with Crippen molar-refractivity contribution in [3.63, 3.8) is 0 Å². The number of anilines is 1. The second-order valence-electron chi connectivity index (χ2n) is 5.55. The number of ether oxygens (including phenoxy) is 3. The van der Waals surface area contributed by atoms with Crippen LogP contribution in [0.15, 0.2) is 42.5 Å². The number of carbonyl (C=O) groups excluding carboxylic acids is 1. The van der Waals surface area contributed by atoms with Crippen LogP contribution in [-0.2, 0) is 9.59 Å². The van der Waals surface area contributed by atoms with Gasteiger partial charge in [0.2, 0.25) is 0 Å². The summed E-state index contributed by atoms with van der Waals surface area (Å²) in [6, 6.07) is 11.9. The molecule has 0 aromatic heterocycles. The summed E-state index contributed by atoms with van der Waals surface area (Å²) in [6.45, 7) is 1.37. The SMILES string of the molecule is COc1ccc(OCC(=O)N(C)c2ccc(OCC(=O)O)cc2)cc1C. The summed E-state index contributed by atoms with van der Waals surface area (Å²) < 4.78 is 15.8. The Kier molecular flexibility index (Phi) is 6.43. The van der Waals surface area contributed by atoms with Gasteiger partial charge in [-0.05, 0) is 55.0 Å². The Morgan fingerprint density at radius 1 is 1.00 bits per heavy atom. The van der Waals surface area contributed by atoms with Gasteiger partial charge < -0.3 is 24.2 Å². The van der Waals surface area contributed by atoms with E-state index in [-0.39, 0.29) is 12.5 Å². The maximum absolute atomic E-state index is 12.3. The summed E-state index contributed by atoms with van der Waals surface area (Å²) in [5.74, 6) is 0.486. The molecule has 0 aliphatic heterocycles. The number of aliphatic carboxylic acids is 1. The Labute approximate surface area is 151 Å². The average Bonchev–Trinajstić information content (AvgIpc) is 2.64. The first-order chi connectivity index (χ1) is 12.4. The minimum Gasteiger partial charge on any atom is -0.496 e. The normalized spacial score (nSPS) is 10.1. The number of carboxylic acid groups (broad SMARTS) is 1. The van der Waals surface area contributed by atoms with Gasteiger partial charge in [0.15, 0.2) is 13.2 Å². The molecule has 0 fully saturated rings. The highest BCUT2D eigenvalue weighted by Crippen LogP contribution is 2.23. The molecule has 0 unspecified atom stereocenters. The Balaban J connectivity index is 1.92. The third-order valence-electron chi connectivity index (χ3n) is 3.69. The van der Waals surface area contributed by atoms with Gasteiger partial charge in [0.05, 0.1) is 7.11 Å². The van der Waals surface area contributed by atoms with Crippen LogP contribution in [0.25, 0.3) is 0 Å². The molecule has 0 spiro atoms. The first-order valence-electron chi connectivity index (χ1n) is 7.89. The van der Waals surface area contributed by atoms with E-state index in [0.29, 0.717) is 17.2 Å². The van der Waals surface area contributed by atoms with E-state index in [1.54, 1.807) is 56.6 Å². The van der Waals surface area contributed by atoms with E-state index in [0.717, 1.165) is 11.3 Å². The lowest BCUT2D eigenvalue weighted by molar-refractivity contribution is -0.139. The highest BCUT2D eigenvalue weighted by molar-refractivity contribution is 5.93. The monoisotopic (exact) mass is 359 g/mol. The Morgan fingerprint density at radius 2 is 1.62 bits per heavy atom. The van der Waals surface area contributed by atoms with E-state index in [1.165, 1.54) is 4.90 Å². The van der Waals surface area contributed by atoms with Crippen LogP contribution >= 0.6 is 0 Å². The van der Waals surface area contributed by atoms with Crippen LogP contribution in [0, 0.1) is 6.92 Å². The van der Waals surface area contributed by atoms with E-state index in [1.807, 2.05) is 6.92 Å². The number of amides is 1. The molecule has 2 rings (SSSR count). The fourth-order valence-corrected chi connectivity index (χ4v) is 2.24. The van der Waals surface area contributed by atoms with Crippen LogP contribution in [0.2, 0.25) is 0 Å². The van der Waals surface area contributed by atoms with Crippen molar-refractivity contribution in [2.75, 3.05) is 32.3 Å². The number of aryl methyl sites for hydroxylation is 1. The van der Waals surface area contributed by atoms with Crippen molar-refractivity contribution >= 4 is 17.6 Å². The van der Waals surface area contributed by atoms with Gasteiger partial charge in [-0.1, -0.05) is 0 Å². The number of likely N-dealkylation sites (N-methyl/N-ethyl adjacent to an activating group) is 1. The molecule has 1 amide bonds. The zero-order valence-electron chi connectivity index (χ0n) is 14.9. The van der Waals surface area contributed by atoms with Crippen molar-refractivity contribution in [2.24, 2.45) is 0 Å². The zero-order chi connectivity index (χ0) is 19.1. The highest BCUT2D eigenvalue weighted by atomic mass is 16.5. The molecule has 2 aromatic carbocycles. The molecule has 7 heteroatoms. The number of benzene rings is 2. The van der Waals surface area contributed by atoms with Gasteiger partial charge in [0.25, 0.3) is 5.91 Å². The first-order valence-corrected chi connectivity index (χ1v) is 7.89.